The topological polar surface area (TPSA) is 101 Å². The first-order chi connectivity index (χ1) is 8.25. The highest BCUT2D eigenvalue weighted by Gasteiger charge is 2.04. The van der Waals surface area contributed by atoms with Crippen molar-refractivity contribution in [1.29, 1.82) is 0 Å². The van der Waals surface area contributed by atoms with Crippen molar-refractivity contribution in [2.75, 3.05) is 5.32 Å². The number of aromatic nitrogens is 4. The van der Waals surface area contributed by atoms with Gasteiger partial charge in [-0.1, -0.05) is 0 Å². The quantitative estimate of drug-likeness (QED) is 0.793. The van der Waals surface area contributed by atoms with Gasteiger partial charge in [-0.2, -0.15) is 0 Å². The summed E-state index contributed by atoms with van der Waals surface area (Å²) in [6.07, 6.45) is 5.66. The third-order valence-corrected chi connectivity index (χ3v) is 1.96. The van der Waals surface area contributed by atoms with Crippen LogP contribution in [0, 0.1) is 0 Å². The molecule has 0 fully saturated rings. The lowest BCUT2D eigenvalue weighted by Gasteiger charge is -2.03. The summed E-state index contributed by atoms with van der Waals surface area (Å²) in [5.74, 6) is -0.603. The zero-order chi connectivity index (χ0) is 12.1. The van der Waals surface area contributed by atoms with Gasteiger partial charge >= 0.3 is 5.97 Å². The molecular formula is C10H9N5O2. The van der Waals surface area contributed by atoms with Crippen LogP contribution in [-0.4, -0.2) is 31.0 Å². The summed E-state index contributed by atoms with van der Waals surface area (Å²) in [5.41, 5.74) is 0.724. The molecule has 7 heteroatoms. The van der Waals surface area contributed by atoms with Crippen LogP contribution in [0.2, 0.25) is 0 Å². The van der Waals surface area contributed by atoms with Gasteiger partial charge < -0.3 is 10.4 Å². The molecule has 0 aliphatic carbocycles. The van der Waals surface area contributed by atoms with Crippen molar-refractivity contribution in [1.82, 2.24) is 19.9 Å². The fraction of sp³-hybridized carbons (Fsp3) is 0.100. The van der Waals surface area contributed by atoms with Crippen molar-refractivity contribution in [2.24, 2.45) is 0 Å². The normalized spacial score (nSPS) is 9.88. The van der Waals surface area contributed by atoms with E-state index in [9.17, 15) is 4.79 Å². The lowest BCUT2D eigenvalue weighted by molar-refractivity contribution is 0.0690. The fourth-order valence-corrected chi connectivity index (χ4v) is 1.13. The average molecular weight is 231 g/mol. The average Bonchev–Trinajstić information content (AvgIpc) is 2.38. The minimum Gasteiger partial charge on any atom is -0.476 e. The van der Waals surface area contributed by atoms with E-state index in [4.69, 9.17) is 5.11 Å². The molecular weight excluding hydrogens is 222 g/mol. The minimum absolute atomic E-state index is 0.0856. The van der Waals surface area contributed by atoms with Crippen LogP contribution in [0.1, 0.15) is 16.2 Å². The molecule has 0 atom stereocenters. The van der Waals surface area contributed by atoms with Crippen LogP contribution in [0.15, 0.2) is 31.0 Å². The number of nitrogens with one attached hydrogen (secondary N) is 1. The number of rotatable bonds is 4. The Kier molecular flexibility index (Phi) is 3.20. The van der Waals surface area contributed by atoms with E-state index >= 15 is 0 Å². The number of carboxylic acids is 1. The van der Waals surface area contributed by atoms with Crippen LogP contribution in [0.25, 0.3) is 0 Å². The van der Waals surface area contributed by atoms with Crippen LogP contribution in [-0.2, 0) is 6.54 Å². The van der Waals surface area contributed by atoms with Crippen LogP contribution >= 0.6 is 0 Å². The SMILES string of the molecule is O=C(O)c1cnc(NCc2ccncn2)cn1. The van der Waals surface area contributed by atoms with Crippen LogP contribution in [0.4, 0.5) is 5.82 Å². The molecule has 2 rings (SSSR count). The smallest absolute Gasteiger partial charge is 0.356 e. The van der Waals surface area contributed by atoms with Crippen LogP contribution < -0.4 is 5.32 Å². The molecule has 17 heavy (non-hydrogen) atoms. The van der Waals surface area contributed by atoms with Crippen molar-refractivity contribution in [3.63, 3.8) is 0 Å². The molecule has 0 radical (unpaired) electrons. The van der Waals surface area contributed by atoms with Gasteiger partial charge in [0.25, 0.3) is 0 Å². The van der Waals surface area contributed by atoms with E-state index in [1.807, 2.05) is 0 Å². The largest absolute Gasteiger partial charge is 0.476 e. The predicted octanol–water partition coefficient (Wildman–Crippen LogP) is 0.577. The minimum atomic E-state index is -1.10. The lowest BCUT2D eigenvalue weighted by atomic mass is 10.4. The fourth-order valence-electron chi connectivity index (χ4n) is 1.13. The highest BCUT2D eigenvalue weighted by atomic mass is 16.4. The van der Waals surface area contributed by atoms with Gasteiger partial charge in [-0.05, 0) is 6.07 Å². The number of carboxylic acid groups (broad SMARTS) is 1. The number of hydrogen-bond donors (Lipinski definition) is 2. The molecule has 0 unspecified atom stereocenters. The summed E-state index contributed by atoms with van der Waals surface area (Å²) in [5, 5.41) is 11.6. The van der Waals surface area contributed by atoms with Crippen molar-refractivity contribution in [3.05, 3.63) is 42.4 Å². The summed E-state index contributed by atoms with van der Waals surface area (Å²) in [6.45, 7) is 0.476. The van der Waals surface area contributed by atoms with E-state index in [1.54, 1.807) is 12.3 Å². The van der Waals surface area contributed by atoms with Gasteiger partial charge in [0, 0.05) is 6.20 Å². The van der Waals surface area contributed by atoms with Gasteiger partial charge in [-0.3, -0.25) is 0 Å². The highest BCUT2D eigenvalue weighted by molar-refractivity contribution is 5.84. The molecule has 0 saturated heterocycles. The Labute approximate surface area is 96.6 Å². The molecule has 0 saturated carbocycles. The van der Waals surface area contributed by atoms with Gasteiger partial charge in [-0.25, -0.2) is 24.7 Å². The highest BCUT2D eigenvalue weighted by Crippen LogP contribution is 2.03. The molecule has 0 bridgehead atoms. The summed E-state index contributed by atoms with van der Waals surface area (Å²) in [7, 11) is 0. The number of anilines is 1. The van der Waals surface area contributed by atoms with Crippen LogP contribution in [0.5, 0.6) is 0 Å². The molecule has 0 aromatic carbocycles. The van der Waals surface area contributed by atoms with Gasteiger partial charge in [0.15, 0.2) is 5.69 Å². The van der Waals surface area contributed by atoms with Crippen molar-refractivity contribution < 1.29 is 9.90 Å². The van der Waals surface area contributed by atoms with E-state index in [-0.39, 0.29) is 5.69 Å². The summed E-state index contributed by atoms with van der Waals surface area (Å²) < 4.78 is 0. The van der Waals surface area contributed by atoms with Gasteiger partial charge in [0.05, 0.1) is 24.6 Å². The van der Waals surface area contributed by atoms with Gasteiger partial charge in [0.2, 0.25) is 0 Å². The maximum absolute atomic E-state index is 10.6. The molecule has 7 nitrogen and oxygen atoms in total. The number of hydrogen-bond acceptors (Lipinski definition) is 6. The van der Waals surface area contributed by atoms with Crippen LogP contribution in [0.3, 0.4) is 0 Å². The first-order valence-electron chi connectivity index (χ1n) is 4.80. The number of nitrogens with zero attached hydrogens (tertiary/aromatic N) is 4. The molecule has 2 aromatic rings. The van der Waals surface area contributed by atoms with Gasteiger partial charge in [-0.15, -0.1) is 0 Å². The second kappa shape index (κ2) is 4.97. The lowest BCUT2D eigenvalue weighted by Crippen LogP contribution is -2.06. The standard InChI is InChI=1S/C10H9N5O2/c16-10(17)8-4-14-9(5-12-8)13-3-7-1-2-11-6-15-7/h1-2,4-6H,3H2,(H,13,14)(H,16,17). The summed E-state index contributed by atoms with van der Waals surface area (Å²) in [4.78, 5) is 26.0. The van der Waals surface area contributed by atoms with Crippen molar-refractivity contribution in [3.8, 4) is 0 Å². The second-order valence-electron chi connectivity index (χ2n) is 3.15. The van der Waals surface area contributed by atoms with E-state index in [2.05, 4.69) is 25.3 Å². The molecule has 2 heterocycles. The molecule has 0 spiro atoms. The van der Waals surface area contributed by atoms with E-state index < -0.39 is 5.97 Å². The number of aromatic carboxylic acids is 1. The first kappa shape index (κ1) is 10.9. The van der Waals surface area contributed by atoms with E-state index in [0.29, 0.717) is 12.4 Å². The Morgan fingerprint density at radius 3 is 2.76 bits per heavy atom. The Bertz CT molecular complexity index is 500. The van der Waals surface area contributed by atoms with E-state index in [0.717, 1.165) is 5.69 Å². The maximum atomic E-state index is 10.6. The first-order valence-corrected chi connectivity index (χ1v) is 4.80. The molecule has 86 valence electrons. The molecule has 0 amide bonds. The monoisotopic (exact) mass is 231 g/mol. The number of carbonyl (C=O) groups is 1. The Morgan fingerprint density at radius 1 is 1.29 bits per heavy atom. The van der Waals surface area contributed by atoms with Crippen molar-refractivity contribution in [2.45, 2.75) is 6.54 Å². The third kappa shape index (κ3) is 2.94. The molecule has 0 aliphatic rings. The summed E-state index contributed by atoms with van der Waals surface area (Å²) >= 11 is 0. The Balaban J connectivity index is 1.98. The molecule has 0 aliphatic heterocycles. The zero-order valence-electron chi connectivity index (χ0n) is 8.74. The third-order valence-electron chi connectivity index (χ3n) is 1.96. The second-order valence-corrected chi connectivity index (χ2v) is 3.15. The van der Waals surface area contributed by atoms with Crippen molar-refractivity contribution >= 4 is 11.8 Å². The zero-order valence-corrected chi connectivity index (χ0v) is 8.74. The Hall–Kier alpha value is -2.57. The predicted molar refractivity (Wildman–Crippen MR) is 58.4 cm³/mol. The van der Waals surface area contributed by atoms with E-state index in [1.165, 1.54) is 18.7 Å². The summed E-state index contributed by atoms with van der Waals surface area (Å²) in [6, 6.07) is 1.77. The Morgan fingerprint density at radius 2 is 2.18 bits per heavy atom. The molecule has 2 N–H and O–H groups in total. The maximum Gasteiger partial charge on any atom is 0.356 e. The van der Waals surface area contributed by atoms with Gasteiger partial charge in [0.1, 0.15) is 12.1 Å². The molecule has 2 aromatic heterocycles.